The predicted octanol–water partition coefficient (Wildman–Crippen LogP) is 3.17. The number of rotatable bonds is 3. The van der Waals surface area contributed by atoms with Crippen LogP contribution in [-0.2, 0) is 6.42 Å². The van der Waals surface area contributed by atoms with Crippen molar-refractivity contribution in [1.29, 1.82) is 0 Å². The predicted molar refractivity (Wildman–Crippen MR) is 70.5 cm³/mol. The molecule has 3 heteroatoms. The summed E-state index contributed by atoms with van der Waals surface area (Å²) in [5, 5.41) is 0. The number of carbonyl (C=O) groups is 1. The molecule has 1 aromatic rings. The van der Waals surface area contributed by atoms with Crippen LogP contribution < -0.4 is 9.47 Å². The SMILES string of the molecule is CCC1(C)C=CCc2ccc(C=O)c(OC)c2O1. The molecule has 1 unspecified atom stereocenters. The Bertz CT molecular complexity index is 491. The summed E-state index contributed by atoms with van der Waals surface area (Å²) >= 11 is 0. The maximum atomic E-state index is 11.0. The van der Waals surface area contributed by atoms with Crippen LogP contribution in [0, 0.1) is 0 Å². The maximum absolute atomic E-state index is 11.0. The average molecular weight is 246 g/mol. The Hall–Kier alpha value is -1.77. The zero-order chi connectivity index (χ0) is 13.2. The van der Waals surface area contributed by atoms with Gasteiger partial charge in [-0.05, 0) is 31.9 Å². The fourth-order valence-electron chi connectivity index (χ4n) is 2.09. The highest BCUT2D eigenvalue weighted by molar-refractivity contribution is 5.82. The Morgan fingerprint density at radius 2 is 2.28 bits per heavy atom. The molecular weight excluding hydrogens is 228 g/mol. The summed E-state index contributed by atoms with van der Waals surface area (Å²) in [5.74, 6) is 1.22. The Balaban J connectivity index is 2.56. The van der Waals surface area contributed by atoms with Gasteiger partial charge in [-0.3, -0.25) is 4.79 Å². The van der Waals surface area contributed by atoms with Gasteiger partial charge in [-0.1, -0.05) is 19.1 Å². The summed E-state index contributed by atoms with van der Waals surface area (Å²) in [5.41, 5.74) is 1.22. The first-order chi connectivity index (χ1) is 8.63. The molecule has 1 aliphatic heterocycles. The van der Waals surface area contributed by atoms with Crippen LogP contribution in [0.1, 0.15) is 36.2 Å². The van der Waals surface area contributed by atoms with Crippen LogP contribution >= 0.6 is 0 Å². The third-order valence-corrected chi connectivity index (χ3v) is 3.40. The van der Waals surface area contributed by atoms with Crippen molar-refractivity contribution in [2.75, 3.05) is 7.11 Å². The van der Waals surface area contributed by atoms with Crippen LogP contribution in [0.2, 0.25) is 0 Å². The van der Waals surface area contributed by atoms with E-state index in [9.17, 15) is 4.79 Å². The summed E-state index contributed by atoms with van der Waals surface area (Å²) in [7, 11) is 1.56. The molecular formula is C15H18O3. The first kappa shape index (κ1) is 12.7. The van der Waals surface area contributed by atoms with Gasteiger partial charge in [-0.2, -0.15) is 0 Å². The lowest BCUT2D eigenvalue weighted by Gasteiger charge is -2.27. The van der Waals surface area contributed by atoms with Crippen molar-refractivity contribution in [3.63, 3.8) is 0 Å². The average Bonchev–Trinajstić information content (AvgIpc) is 2.56. The lowest BCUT2D eigenvalue weighted by molar-refractivity contribution is 0.111. The number of ether oxygens (including phenoxy) is 2. The van der Waals surface area contributed by atoms with Gasteiger partial charge in [0.15, 0.2) is 17.8 Å². The van der Waals surface area contributed by atoms with Crippen LogP contribution in [0.25, 0.3) is 0 Å². The van der Waals surface area contributed by atoms with E-state index in [-0.39, 0.29) is 5.60 Å². The zero-order valence-electron chi connectivity index (χ0n) is 11.0. The molecule has 1 aromatic carbocycles. The van der Waals surface area contributed by atoms with Gasteiger partial charge in [0.1, 0.15) is 5.60 Å². The van der Waals surface area contributed by atoms with E-state index in [0.717, 1.165) is 24.7 Å². The third kappa shape index (κ3) is 2.13. The van der Waals surface area contributed by atoms with Gasteiger partial charge in [-0.15, -0.1) is 0 Å². The Labute approximate surface area is 107 Å². The third-order valence-electron chi connectivity index (χ3n) is 3.40. The van der Waals surface area contributed by atoms with Crippen molar-refractivity contribution in [1.82, 2.24) is 0 Å². The highest BCUT2D eigenvalue weighted by Crippen LogP contribution is 2.39. The molecule has 1 atom stereocenters. The van der Waals surface area contributed by atoms with Crippen LogP contribution in [-0.4, -0.2) is 19.0 Å². The van der Waals surface area contributed by atoms with E-state index < -0.39 is 0 Å². The minimum absolute atomic E-state index is 0.347. The van der Waals surface area contributed by atoms with E-state index >= 15 is 0 Å². The lowest BCUT2D eigenvalue weighted by Crippen LogP contribution is -2.28. The molecule has 0 amide bonds. The normalized spacial score (nSPS) is 21.7. The smallest absolute Gasteiger partial charge is 0.171 e. The topological polar surface area (TPSA) is 35.5 Å². The van der Waals surface area contributed by atoms with E-state index in [4.69, 9.17) is 9.47 Å². The number of hydrogen-bond donors (Lipinski definition) is 0. The molecule has 0 aromatic heterocycles. The minimum atomic E-state index is -0.347. The highest BCUT2D eigenvalue weighted by Gasteiger charge is 2.27. The van der Waals surface area contributed by atoms with E-state index in [2.05, 4.69) is 19.1 Å². The van der Waals surface area contributed by atoms with Gasteiger partial charge in [0.05, 0.1) is 12.7 Å². The monoisotopic (exact) mass is 246 g/mol. The molecule has 96 valence electrons. The van der Waals surface area contributed by atoms with Crippen LogP contribution in [0.5, 0.6) is 11.5 Å². The molecule has 2 rings (SSSR count). The van der Waals surface area contributed by atoms with Crippen molar-refractivity contribution in [2.24, 2.45) is 0 Å². The van der Waals surface area contributed by atoms with Crippen LogP contribution in [0.4, 0.5) is 0 Å². The lowest BCUT2D eigenvalue weighted by atomic mass is 10.0. The largest absolute Gasteiger partial charge is 0.492 e. The van der Waals surface area contributed by atoms with Gasteiger partial charge < -0.3 is 9.47 Å². The molecule has 18 heavy (non-hydrogen) atoms. The second-order valence-electron chi connectivity index (χ2n) is 4.67. The fourth-order valence-corrected chi connectivity index (χ4v) is 2.09. The molecule has 0 fully saturated rings. The number of benzene rings is 1. The standard InChI is InChI=1S/C15H18O3/c1-4-15(2)9-5-6-11-7-8-12(10-16)13(17-3)14(11)18-15/h5,7-10H,4,6H2,1-3H3. The highest BCUT2D eigenvalue weighted by atomic mass is 16.5. The number of methoxy groups -OCH3 is 1. The summed E-state index contributed by atoms with van der Waals surface area (Å²) in [4.78, 5) is 11.0. The van der Waals surface area contributed by atoms with Gasteiger partial charge in [0.25, 0.3) is 0 Å². The van der Waals surface area contributed by atoms with E-state index in [1.165, 1.54) is 0 Å². The second kappa shape index (κ2) is 4.84. The van der Waals surface area contributed by atoms with Crippen molar-refractivity contribution >= 4 is 6.29 Å². The van der Waals surface area contributed by atoms with Gasteiger partial charge in [0.2, 0.25) is 0 Å². The molecule has 0 saturated carbocycles. The Morgan fingerprint density at radius 1 is 1.50 bits per heavy atom. The van der Waals surface area contributed by atoms with Crippen LogP contribution in [0.3, 0.4) is 0 Å². The number of carbonyl (C=O) groups excluding carboxylic acids is 1. The summed E-state index contributed by atoms with van der Waals surface area (Å²) in [6.45, 7) is 4.11. The van der Waals surface area contributed by atoms with Gasteiger partial charge in [0, 0.05) is 5.56 Å². The van der Waals surface area contributed by atoms with Crippen molar-refractivity contribution in [3.8, 4) is 11.5 Å². The number of fused-ring (bicyclic) bond motifs is 1. The minimum Gasteiger partial charge on any atom is -0.492 e. The first-order valence-electron chi connectivity index (χ1n) is 6.15. The first-order valence-corrected chi connectivity index (χ1v) is 6.15. The zero-order valence-corrected chi connectivity index (χ0v) is 11.0. The maximum Gasteiger partial charge on any atom is 0.171 e. The fraction of sp³-hybridized carbons (Fsp3) is 0.400. The van der Waals surface area contributed by atoms with Crippen molar-refractivity contribution < 1.29 is 14.3 Å². The number of aldehydes is 1. The van der Waals surface area contributed by atoms with Crippen molar-refractivity contribution in [2.45, 2.75) is 32.3 Å². The van der Waals surface area contributed by atoms with Crippen LogP contribution in [0.15, 0.2) is 24.3 Å². The van der Waals surface area contributed by atoms with Gasteiger partial charge >= 0.3 is 0 Å². The Kier molecular flexibility index (Phi) is 3.41. The van der Waals surface area contributed by atoms with E-state index in [1.807, 2.05) is 13.0 Å². The van der Waals surface area contributed by atoms with Crippen molar-refractivity contribution in [3.05, 3.63) is 35.4 Å². The Morgan fingerprint density at radius 3 is 2.89 bits per heavy atom. The summed E-state index contributed by atoms with van der Waals surface area (Å²) in [6.07, 6.45) is 6.63. The number of hydrogen-bond acceptors (Lipinski definition) is 3. The van der Waals surface area contributed by atoms with E-state index in [1.54, 1.807) is 13.2 Å². The molecule has 0 bridgehead atoms. The summed E-state index contributed by atoms with van der Waals surface area (Å²) in [6, 6.07) is 3.70. The quantitative estimate of drug-likeness (QED) is 0.607. The number of allylic oxidation sites excluding steroid dienone is 1. The summed E-state index contributed by atoms with van der Waals surface area (Å²) < 4.78 is 11.4. The molecule has 1 aliphatic rings. The molecule has 0 saturated heterocycles. The molecule has 0 aliphatic carbocycles. The molecule has 1 heterocycles. The molecule has 0 N–H and O–H groups in total. The van der Waals surface area contributed by atoms with E-state index in [0.29, 0.717) is 17.1 Å². The molecule has 0 radical (unpaired) electrons. The van der Waals surface area contributed by atoms with Gasteiger partial charge in [-0.25, -0.2) is 0 Å². The molecule has 0 spiro atoms. The molecule has 3 nitrogen and oxygen atoms in total. The second-order valence-corrected chi connectivity index (χ2v) is 4.67.